The monoisotopic (exact) mass is 277 g/mol. The molecule has 7 heteroatoms. The lowest BCUT2D eigenvalue weighted by atomic mass is 10.3. The lowest BCUT2D eigenvalue weighted by Gasteiger charge is -2.04. The van der Waals surface area contributed by atoms with Gasteiger partial charge < -0.3 is 10.4 Å². The molecular formula is C10H6Cl2FNO3. The molecule has 0 bridgehead atoms. The molecule has 0 saturated carbocycles. The van der Waals surface area contributed by atoms with Crippen molar-refractivity contribution < 1.29 is 19.1 Å². The summed E-state index contributed by atoms with van der Waals surface area (Å²) in [6.07, 6.45) is 0. The Hall–Kier alpha value is -1.59. The zero-order valence-electron chi connectivity index (χ0n) is 8.21. The Labute approximate surface area is 106 Å². The van der Waals surface area contributed by atoms with E-state index in [1.165, 1.54) is 12.1 Å². The summed E-state index contributed by atoms with van der Waals surface area (Å²) in [4.78, 5) is 21.8. The van der Waals surface area contributed by atoms with Gasteiger partial charge in [-0.15, -0.1) is 0 Å². The molecule has 1 rings (SSSR count). The van der Waals surface area contributed by atoms with Crippen molar-refractivity contribution in [1.29, 1.82) is 0 Å². The maximum atomic E-state index is 12.6. The molecule has 1 aromatic carbocycles. The Morgan fingerprint density at radius 3 is 2.12 bits per heavy atom. The lowest BCUT2D eigenvalue weighted by Crippen LogP contribution is -2.14. The van der Waals surface area contributed by atoms with Crippen molar-refractivity contribution in [2.24, 2.45) is 0 Å². The third-order valence-corrected chi connectivity index (χ3v) is 2.49. The minimum Gasteiger partial charge on any atom is -0.477 e. The van der Waals surface area contributed by atoms with Crippen molar-refractivity contribution >= 4 is 40.8 Å². The molecule has 1 amide bonds. The van der Waals surface area contributed by atoms with Crippen LogP contribution < -0.4 is 5.32 Å². The predicted octanol–water partition coefficient (Wildman–Crippen LogP) is 2.54. The predicted molar refractivity (Wildman–Crippen MR) is 61.4 cm³/mol. The van der Waals surface area contributed by atoms with Gasteiger partial charge in [0.15, 0.2) is 0 Å². The molecule has 0 aliphatic rings. The summed E-state index contributed by atoms with van der Waals surface area (Å²) in [6.45, 7) is 0. The normalized spacial score (nSPS) is 11.7. The van der Waals surface area contributed by atoms with Crippen LogP contribution in [0.25, 0.3) is 0 Å². The number of hydrogen-bond donors (Lipinski definition) is 2. The van der Waals surface area contributed by atoms with E-state index in [1.54, 1.807) is 0 Å². The third-order valence-electron chi connectivity index (χ3n) is 1.68. The van der Waals surface area contributed by atoms with E-state index in [9.17, 15) is 14.0 Å². The van der Waals surface area contributed by atoms with Crippen molar-refractivity contribution in [3.05, 3.63) is 40.1 Å². The van der Waals surface area contributed by atoms with Crippen LogP contribution in [0.4, 0.5) is 10.1 Å². The van der Waals surface area contributed by atoms with E-state index < -0.39 is 27.8 Å². The lowest BCUT2D eigenvalue weighted by molar-refractivity contribution is -0.132. The van der Waals surface area contributed by atoms with Gasteiger partial charge in [0.25, 0.3) is 5.91 Å². The van der Waals surface area contributed by atoms with Gasteiger partial charge in [0, 0.05) is 5.69 Å². The fourth-order valence-electron chi connectivity index (χ4n) is 0.913. The van der Waals surface area contributed by atoms with Crippen molar-refractivity contribution in [2.75, 3.05) is 5.32 Å². The van der Waals surface area contributed by atoms with Gasteiger partial charge in [-0.3, -0.25) is 4.79 Å². The summed E-state index contributed by atoms with van der Waals surface area (Å²) in [7, 11) is 0. The average molecular weight is 278 g/mol. The van der Waals surface area contributed by atoms with Crippen LogP contribution in [-0.2, 0) is 9.59 Å². The minimum atomic E-state index is -1.51. The van der Waals surface area contributed by atoms with E-state index in [2.05, 4.69) is 5.32 Å². The third kappa shape index (κ3) is 3.72. The summed E-state index contributed by atoms with van der Waals surface area (Å²) in [5.41, 5.74) is 0.268. The molecule has 17 heavy (non-hydrogen) atoms. The van der Waals surface area contributed by atoms with E-state index >= 15 is 0 Å². The van der Waals surface area contributed by atoms with Crippen LogP contribution in [0.15, 0.2) is 34.3 Å². The number of halogens is 3. The first-order valence-corrected chi connectivity index (χ1v) is 5.03. The molecule has 1 aromatic rings. The molecule has 0 radical (unpaired) electrons. The highest BCUT2D eigenvalue weighted by atomic mass is 35.5. The topological polar surface area (TPSA) is 66.4 Å². The second kappa shape index (κ2) is 5.65. The van der Waals surface area contributed by atoms with Gasteiger partial charge in [-0.05, 0) is 24.3 Å². The zero-order valence-corrected chi connectivity index (χ0v) is 9.72. The first-order chi connectivity index (χ1) is 7.91. The molecule has 0 aliphatic carbocycles. The fourth-order valence-corrected chi connectivity index (χ4v) is 1.13. The molecule has 0 aromatic heterocycles. The van der Waals surface area contributed by atoms with Gasteiger partial charge in [0.2, 0.25) is 0 Å². The second-order valence-electron chi connectivity index (χ2n) is 2.89. The highest BCUT2D eigenvalue weighted by Gasteiger charge is 2.17. The Balaban J connectivity index is 2.83. The number of anilines is 1. The second-order valence-corrected chi connectivity index (χ2v) is 3.65. The molecule has 0 heterocycles. The van der Waals surface area contributed by atoms with Crippen molar-refractivity contribution in [3.8, 4) is 0 Å². The number of carboxylic acid groups (broad SMARTS) is 1. The molecule has 0 saturated heterocycles. The highest BCUT2D eigenvalue weighted by molar-refractivity contribution is 6.54. The fraction of sp³-hybridized carbons (Fsp3) is 0. The zero-order chi connectivity index (χ0) is 13.0. The quantitative estimate of drug-likeness (QED) is 0.835. The van der Waals surface area contributed by atoms with Gasteiger partial charge in [0.05, 0.1) is 0 Å². The number of rotatable bonds is 3. The van der Waals surface area contributed by atoms with Crippen LogP contribution in [0.5, 0.6) is 0 Å². The van der Waals surface area contributed by atoms with Crippen LogP contribution in [0.3, 0.4) is 0 Å². The van der Waals surface area contributed by atoms with E-state index in [1.807, 2.05) is 0 Å². The van der Waals surface area contributed by atoms with Crippen molar-refractivity contribution in [2.45, 2.75) is 0 Å². The number of carbonyl (C=O) groups excluding carboxylic acids is 1. The largest absolute Gasteiger partial charge is 0.477 e. The van der Waals surface area contributed by atoms with E-state index in [0.29, 0.717) is 0 Å². The van der Waals surface area contributed by atoms with Crippen LogP contribution in [0, 0.1) is 5.82 Å². The maximum absolute atomic E-state index is 12.6. The Morgan fingerprint density at radius 1 is 1.12 bits per heavy atom. The number of benzene rings is 1. The van der Waals surface area contributed by atoms with Crippen LogP contribution >= 0.6 is 23.2 Å². The summed E-state index contributed by atoms with van der Waals surface area (Å²) < 4.78 is 12.6. The maximum Gasteiger partial charge on any atom is 0.349 e. The number of hydrogen-bond acceptors (Lipinski definition) is 2. The van der Waals surface area contributed by atoms with Gasteiger partial charge in [0.1, 0.15) is 15.9 Å². The molecule has 0 fully saturated rings. The first kappa shape index (κ1) is 13.5. The number of aliphatic carboxylic acids is 1. The number of carboxylic acids is 1. The Bertz CT molecular complexity index is 485. The van der Waals surface area contributed by atoms with Gasteiger partial charge in [-0.25, -0.2) is 9.18 Å². The van der Waals surface area contributed by atoms with Gasteiger partial charge in [-0.1, -0.05) is 23.2 Å². The summed E-state index contributed by atoms with van der Waals surface area (Å²) in [5, 5.41) is 9.33. The molecule has 2 N–H and O–H groups in total. The van der Waals surface area contributed by atoms with Gasteiger partial charge in [-0.2, -0.15) is 0 Å². The first-order valence-electron chi connectivity index (χ1n) is 4.27. The standard InChI is InChI=1S/C10H6Cl2FNO3/c11-7(8(12)10(16)17)9(15)14-6-3-1-5(13)2-4-6/h1-4H,(H,14,15)(H,16,17). The SMILES string of the molecule is O=C(O)C(Cl)=C(Cl)C(=O)Nc1ccc(F)cc1. The summed E-state index contributed by atoms with van der Waals surface area (Å²) in [6, 6.07) is 4.86. The Kier molecular flexibility index (Phi) is 4.48. The number of carbonyl (C=O) groups is 2. The van der Waals surface area contributed by atoms with Gasteiger partial charge >= 0.3 is 5.97 Å². The van der Waals surface area contributed by atoms with Crippen molar-refractivity contribution in [3.63, 3.8) is 0 Å². The van der Waals surface area contributed by atoms with E-state index in [-0.39, 0.29) is 5.69 Å². The average Bonchev–Trinajstić information content (AvgIpc) is 2.30. The minimum absolute atomic E-state index is 0.268. The highest BCUT2D eigenvalue weighted by Crippen LogP contribution is 2.17. The van der Waals surface area contributed by atoms with Crippen LogP contribution in [0.1, 0.15) is 0 Å². The molecular weight excluding hydrogens is 272 g/mol. The molecule has 0 atom stereocenters. The molecule has 4 nitrogen and oxygen atoms in total. The molecule has 0 spiro atoms. The van der Waals surface area contributed by atoms with E-state index in [4.69, 9.17) is 28.3 Å². The molecule has 0 aliphatic heterocycles. The summed E-state index contributed by atoms with van der Waals surface area (Å²) >= 11 is 10.7. The smallest absolute Gasteiger partial charge is 0.349 e. The number of nitrogens with one attached hydrogen (secondary N) is 1. The van der Waals surface area contributed by atoms with Crippen LogP contribution in [-0.4, -0.2) is 17.0 Å². The van der Waals surface area contributed by atoms with Crippen LogP contribution in [0.2, 0.25) is 0 Å². The summed E-state index contributed by atoms with van der Waals surface area (Å²) in [5.74, 6) is -2.86. The van der Waals surface area contributed by atoms with Crippen molar-refractivity contribution in [1.82, 2.24) is 0 Å². The molecule has 0 unspecified atom stereocenters. The number of amides is 1. The molecule has 90 valence electrons. The Morgan fingerprint density at radius 2 is 1.65 bits per heavy atom. The van der Waals surface area contributed by atoms with E-state index in [0.717, 1.165) is 12.1 Å².